The molecule has 0 radical (unpaired) electrons. The van der Waals surface area contributed by atoms with Crippen LogP contribution >= 0.6 is 0 Å². The highest BCUT2D eigenvalue weighted by Crippen LogP contribution is 2.31. The van der Waals surface area contributed by atoms with E-state index in [1.807, 2.05) is 39.0 Å². The molecule has 7 heteroatoms. The molecule has 3 aromatic carbocycles. The van der Waals surface area contributed by atoms with E-state index in [0.717, 1.165) is 23.2 Å². The molecule has 40 heavy (non-hydrogen) atoms. The van der Waals surface area contributed by atoms with Gasteiger partial charge in [0.05, 0.1) is 18.2 Å². The Kier molecular flexibility index (Phi) is 7.76. The average molecular weight is 540 g/mol. The van der Waals surface area contributed by atoms with Crippen molar-refractivity contribution in [1.29, 1.82) is 0 Å². The van der Waals surface area contributed by atoms with E-state index < -0.39 is 17.7 Å². The number of hydrogen-bond donors (Lipinski definition) is 0. The lowest BCUT2D eigenvalue weighted by Crippen LogP contribution is -2.29. The number of carbonyl (C=O) groups excluding carboxylic acids is 2. The first kappa shape index (κ1) is 27.6. The van der Waals surface area contributed by atoms with Gasteiger partial charge in [0.15, 0.2) is 0 Å². The topological polar surface area (TPSA) is 73.7 Å². The summed E-state index contributed by atoms with van der Waals surface area (Å²) in [5.74, 6) is -0.0748. The summed E-state index contributed by atoms with van der Waals surface area (Å²) in [6.45, 7) is 10.5. The molecule has 0 N–H and O–H groups in total. The van der Waals surface area contributed by atoms with E-state index in [0.29, 0.717) is 22.4 Å². The van der Waals surface area contributed by atoms with E-state index in [4.69, 9.17) is 9.47 Å². The third kappa shape index (κ3) is 5.94. The predicted octanol–water partition coefficient (Wildman–Crippen LogP) is 7.23. The predicted molar refractivity (Wildman–Crippen MR) is 157 cm³/mol. The summed E-state index contributed by atoms with van der Waals surface area (Å²) in [4.78, 5) is 32.9. The van der Waals surface area contributed by atoms with Gasteiger partial charge in [0.2, 0.25) is 0 Å². The molecule has 1 aromatic heterocycles. The molecule has 0 amide bonds. The Labute approximate surface area is 235 Å². The van der Waals surface area contributed by atoms with Gasteiger partial charge in [-0.05, 0) is 99.6 Å². The Morgan fingerprint density at radius 2 is 1.55 bits per heavy atom. The van der Waals surface area contributed by atoms with Gasteiger partial charge in [-0.3, -0.25) is 4.90 Å². The number of fused-ring (bicyclic) bond motifs is 1. The van der Waals surface area contributed by atoms with E-state index in [1.165, 1.54) is 55.2 Å². The molecular formula is C33H37N3O4. The molecular weight excluding hydrogens is 502 g/mol. The fourth-order valence-electron chi connectivity index (χ4n) is 5.34. The van der Waals surface area contributed by atoms with Gasteiger partial charge < -0.3 is 9.47 Å². The number of rotatable bonds is 5. The van der Waals surface area contributed by atoms with E-state index in [1.54, 1.807) is 13.0 Å². The molecule has 4 aromatic rings. The lowest BCUT2D eigenvalue weighted by molar-refractivity contribution is 0.0538. The van der Waals surface area contributed by atoms with Crippen molar-refractivity contribution in [2.24, 2.45) is 0 Å². The third-order valence-electron chi connectivity index (χ3n) is 7.24. The zero-order chi connectivity index (χ0) is 28.4. The van der Waals surface area contributed by atoms with Crippen LogP contribution in [0.5, 0.6) is 0 Å². The average Bonchev–Trinajstić information content (AvgIpc) is 3.27. The fraction of sp³-hybridized carbons (Fsp3) is 0.364. The van der Waals surface area contributed by atoms with Crippen molar-refractivity contribution in [1.82, 2.24) is 14.5 Å². The fourth-order valence-corrected chi connectivity index (χ4v) is 5.34. The number of benzene rings is 3. The first-order valence-corrected chi connectivity index (χ1v) is 13.9. The zero-order valence-electron chi connectivity index (χ0n) is 24.0. The molecule has 2 heterocycles. The number of carbonyl (C=O) groups is 2. The van der Waals surface area contributed by atoms with Crippen molar-refractivity contribution in [2.45, 2.75) is 59.1 Å². The van der Waals surface area contributed by atoms with Gasteiger partial charge in [0.1, 0.15) is 16.9 Å². The van der Waals surface area contributed by atoms with Gasteiger partial charge in [-0.25, -0.2) is 19.1 Å². The second-order valence-electron chi connectivity index (χ2n) is 11.5. The SMILES string of the molecule is COC(=O)c1cc(-c2ccc(-c3cccc(CN4CCCCC4)c3)cc2)cc2c1nc(C)n2C(=O)OC(C)(C)C. The van der Waals surface area contributed by atoms with Gasteiger partial charge in [0.25, 0.3) is 0 Å². The zero-order valence-corrected chi connectivity index (χ0v) is 24.0. The normalized spacial score (nSPS) is 14.3. The van der Waals surface area contributed by atoms with E-state index in [-0.39, 0.29) is 0 Å². The molecule has 7 nitrogen and oxygen atoms in total. The number of ether oxygens (including phenoxy) is 2. The van der Waals surface area contributed by atoms with Crippen LogP contribution < -0.4 is 0 Å². The Morgan fingerprint density at radius 3 is 2.20 bits per heavy atom. The van der Waals surface area contributed by atoms with Crippen LogP contribution in [0.2, 0.25) is 0 Å². The highest BCUT2D eigenvalue weighted by molar-refractivity contribution is 6.06. The number of piperidine rings is 1. The lowest BCUT2D eigenvalue weighted by Gasteiger charge is -2.26. The van der Waals surface area contributed by atoms with Crippen LogP contribution in [0.4, 0.5) is 4.79 Å². The number of nitrogens with zero attached hydrogens (tertiary/aromatic N) is 3. The molecule has 0 atom stereocenters. The van der Waals surface area contributed by atoms with Crippen molar-refractivity contribution >= 4 is 23.1 Å². The second kappa shape index (κ2) is 11.3. The first-order chi connectivity index (χ1) is 19.1. The highest BCUT2D eigenvalue weighted by Gasteiger charge is 2.25. The van der Waals surface area contributed by atoms with Crippen LogP contribution in [0.1, 0.15) is 61.8 Å². The van der Waals surface area contributed by atoms with E-state index in [2.05, 4.69) is 46.3 Å². The van der Waals surface area contributed by atoms with Crippen LogP contribution in [0.25, 0.3) is 33.3 Å². The monoisotopic (exact) mass is 539 g/mol. The summed E-state index contributed by atoms with van der Waals surface area (Å²) in [6.07, 6.45) is 3.35. The van der Waals surface area contributed by atoms with E-state index in [9.17, 15) is 9.59 Å². The standard InChI is InChI=1S/C33H37N3O4/c1-22-34-30-28(31(37)39-5)19-27(20-29(30)36(22)32(38)40-33(2,3)4)25-14-12-24(13-15-25)26-11-9-10-23(18-26)21-35-16-7-6-8-17-35/h9-15,18-20H,6-8,16-17,21H2,1-5H3. The first-order valence-electron chi connectivity index (χ1n) is 13.9. The summed E-state index contributed by atoms with van der Waals surface area (Å²) in [7, 11) is 1.34. The maximum absolute atomic E-state index is 13.1. The summed E-state index contributed by atoms with van der Waals surface area (Å²) >= 11 is 0. The smallest absolute Gasteiger partial charge is 0.420 e. The van der Waals surface area contributed by atoms with Crippen molar-refractivity contribution in [3.63, 3.8) is 0 Å². The van der Waals surface area contributed by atoms with Gasteiger partial charge in [0, 0.05) is 6.54 Å². The Hall–Kier alpha value is -3.97. The molecule has 5 rings (SSSR count). The minimum absolute atomic E-state index is 0.301. The summed E-state index contributed by atoms with van der Waals surface area (Å²) in [6, 6.07) is 20.6. The van der Waals surface area contributed by atoms with Gasteiger partial charge >= 0.3 is 12.1 Å². The van der Waals surface area contributed by atoms with E-state index >= 15 is 0 Å². The summed E-state index contributed by atoms with van der Waals surface area (Å²) in [5.41, 5.74) is 5.83. The van der Waals surface area contributed by atoms with Crippen LogP contribution in [-0.2, 0) is 16.0 Å². The number of hydrogen-bond acceptors (Lipinski definition) is 6. The van der Waals surface area contributed by atoms with Gasteiger partial charge in [-0.2, -0.15) is 0 Å². The molecule has 208 valence electrons. The molecule has 1 aliphatic rings. The van der Waals surface area contributed by atoms with Gasteiger partial charge in [-0.1, -0.05) is 48.9 Å². The minimum Gasteiger partial charge on any atom is -0.465 e. The number of esters is 1. The van der Waals surface area contributed by atoms with Crippen molar-refractivity contribution in [3.8, 4) is 22.3 Å². The number of imidazole rings is 1. The van der Waals surface area contributed by atoms with Crippen LogP contribution in [0.3, 0.4) is 0 Å². The molecule has 1 fully saturated rings. The molecule has 0 saturated carbocycles. The lowest BCUT2D eigenvalue weighted by atomic mass is 9.97. The Bertz CT molecular complexity index is 1540. The van der Waals surface area contributed by atoms with Gasteiger partial charge in [-0.15, -0.1) is 0 Å². The van der Waals surface area contributed by atoms with Crippen molar-refractivity contribution in [2.75, 3.05) is 20.2 Å². The molecule has 0 unspecified atom stereocenters. The second-order valence-corrected chi connectivity index (χ2v) is 11.5. The maximum atomic E-state index is 13.1. The summed E-state index contributed by atoms with van der Waals surface area (Å²) < 4.78 is 12.1. The Balaban J connectivity index is 1.49. The van der Waals surface area contributed by atoms with Crippen LogP contribution in [0, 0.1) is 6.92 Å². The number of likely N-dealkylation sites (tertiary alicyclic amines) is 1. The minimum atomic E-state index is -0.677. The molecule has 1 aliphatic heterocycles. The summed E-state index contributed by atoms with van der Waals surface area (Å²) in [5, 5.41) is 0. The number of aromatic nitrogens is 2. The highest BCUT2D eigenvalue weighted by atomic mass is 16.6. The van der Waals surface area contributed by atoms with Crippen molar-refractivity contribution in [3.05, 3.63) is 77.6 Å². The molecule has 1 saturated heterocycles. The maximum Gasteiger partial charge on any atom is 0.420 e. The quantitative estimate of drug-likeness (QED) is 0.249. The van der Waals surface area contributed by atoms with Crippen molar-refractivity contribution < 1.29 is 19.1 Å². The third-order valence-corrected chi connectivity index (χ3v) is 7.24. The number of methoxy groups -OCH3 is 1. The largest absolute Gasteiger partial charge is 0.465 e. The molecule has 0 bridgehead atoms. The number of aryl methyl sites for hydroxylation is 1. The Morgan fingerprint density at radius 1 is 0.875 bits per heavy atom. The van der Waals surface area contributed by atoms with Crippen LogP contribution in [0.15, 0.2) is 60.7 Å². The van der Waals surface area contributed by atoms with Crippen LogP contribution in [-0.4, -0.2) is 52.3 Å². The molecule has 0 spiro atoms. The molecule has 0 aliphatic carbocycles.